The monoisotopic (exact) mass is 482 g/mol. The van der Waals surface area contributed by atoms with Crippen LogP contribution >= 0.6 is 11.8 Å². The molecule has 0 saturated carbocycles. The van der Waals surface area contributed by atoms with Gasteiger partial charge in [0.25, 0.3) is 0 Å². The SMILES string of the molecule is CCCc1c(OCCCSc2ccc3c(c2)CC(CC(=O)O)C3O)ccc(C(C)=O)c1O.[H-].[Na+]. The number of carboxylic acids is 1. The summed E-state index contributed by atoms with van der Waals surface area (Å²) in [5, 5.41) is 29.8. The molecule has 33 heavy (non-hydrogen) atoms. The number of thioether (sulfide) groups is 1. The van der Waals surface area contributed by atoms with Crippen LogP contribution in [0.2, 0.25) is 0 Å². The minimum atomic E-state index is -0.886. The number of fused-ring (bicyclic) bond motifs is 1. The molecule has 0 fully saturated rings. The zero-order valence-electron chi connectivity index (χ0n) is 20.5. The number of aromatic hydroxyl groups is 1. The maximum absolute atomic E-state index is 11.7. The van der Waals surface area contributed by atoms with E-state index >= 15 is 0 Å². The summed E-state index contributed by atoms with van der Waals surface area (Å²) >= 11 is 1.69. The van der Waals surface area contributed by atoms with Crippen molar-refractivity contribution in [2.24, 2.45) is 5.92 Å². The number of aliphatic hydroxyl groups is 1. The van der Waals surface area contributed by atoms with E-state index in [-0.39, 0.29) is 54.9 Å². The van der Waals surface area contributed by atoms with E-state index in [0.717, 1.165) is 34.6 Å². The number of phenolic OH excluding ortho intramolecular Hbond substituents is 1. The number of Topliss-reactive ketones (excluding diaryl/α,β-unsaturated/α-hetero) is 1. The van der Waals surface area contributed by atoms with Crippen molar-refractivity contribution in [2.75, 3.05) is 12.4 Å². The predicted molar refractivity (Wildman–Crippen MR) is 125 cm³/mol. The Balaban J connectivity index is 0.00000289. The second-order valence-electron chi connectivity index (χ2n) is 8.16. The molecule has 2 aromatic carbocycles. The van der Waals surface area contributed by atoms with Crippen LogP contribution < -0.4 is 34.3 Å². The third kappa shape index (κ3) is 6.99. The fourth-order valence-electron chi connectivity index (χ4n) is 4.15. The van der Waals surface area contributed by atoms with Crippen LogP contribution in [0.3, 0.4) is 0 Å². The smallest absolute Gasteiger partial charge is 1.00 e. The first kappa shape index (κ1) is 27.7. The van der Waals surface area contributed by atoms with Gasteiger partial charge in [-0.3, -0.25) is 9.59 Å². The number of ether oxygens (including phenoxy) is 1. The van der Waals surface area contributed by atoms with Crippen molar-refractivity contribution in [3.63, 3.8) is 0 Å². The molecule has 0 aromatic heterocycles. The number of carbonyl (C=O) groups is 2. The molecule has 0 aliphatic heterocycles. The van der Waals surface area contributed by atoms with E-state index in [1.54, 1.807) is 23.9 Å². The maximum atomic E-state index is 11.7. The number of ketones is 1. The molecule has 3 N–H and O–H groups in total. The van der Waals surface area contributed by atoms with Gasteiger partial charge in [-0.2, -0.15) is 0 Å². The summed E-state index contributed by atoms with van der Waals surface area (Å²) in [6.07, 6.45) is 2.12. The maximum Gasteiger partial charge on any atom is 1.00 e. The van der Waals surface area contributed by atoms with E-state index in [1.807, 2.05) is 25.1 Å². The molecular formula is C25H31NaO6S. The van der Waals surface area contributed by atoms with Gasteiger partial charge in [-0.25, -0.2) is 0 Å². The molecule has 1 aliphatic rings. The third-order valence-electron chi connectivity index (χ3n) is 5.73. The van der Waals surface area contributed by atoms with Crippen molar-refractivity contribution in [1.29, 1.82) is 0 Å². The van der Waals surface area contributed by atoms with Crippen molar-refractivity contribution in [3.8, 4) is 11.5 Å². The van der Waals surface area contributed by atoms with Crippen LogP contribution in [0, 0.1) is 5.92 Å². The summed E-state index contributed by atoms with van der Waals surface area (Å²) in [6, 6.07) is 9.28. The molecule has 2 aromatic rings. The van der Waals surface area contributed by atoms with Crippen LogP contribution in [-0.4, -0.2) is 39.4 Å². The van der Waals surface area contributed by atoms with Gasteiger partial charge in [0.2, 0.25) is 0 Å². The minimum absolute atomic E-state index is 0. The molecule has 0 heterocycles. The molecule has 2 unspecified atom stereocenters. The number of carboxylic acid groups (broad SMARTS) is 1. The largest absolute Gasteiger partial charge is 1.00 e. The zero-order chi connectivity index (χ0) is 23.3. The quantitative estimate of drug-likeness (QED) is 0.195. The summed E-state index contributed by atoms with van der Waals surface area (Å²) in [4.78, 5) is 23.8. The molecule has 0 amide bonds. The molecule has 6 nitrogen and oxygen atoms in total. The standard InChI is InChI=1S/C25H30O6S.Na.H/c1-3-5-21-22(9-8-19(15(2)26)25(21)30)31-10-4-11-32-18-6-7-20-16(13-18)12-17(24(20)29)14-23(27)28;;/h6-9,13,17,24,29-30H,3-5,10-12,14H2,1-2H3,(H,27,28);;/q;+1;-1. The molecule has 8 heteroatoms. The minimum Gasteiger partial charge on any atom is -1.00 e. The van der Waals surface area contributed by atoms with Crippen LogP contribution in [0.25, 0.3) is 0 Å². The predicted octanol–water partition coefficient (Wildman–Crippen LogP) is 1.91. The average molecular weight is 483 g/mol. The summed E-state index contributed by atoms with van der Waals surface area (Å²) in [5.74, 6) is 0.157. The Morgan fingerprint density at radius 2 is 2.00 bits per heavy atom. The van der Waals surface area contributed by atoms with Crippen molar-refractivity contribution >= 4 is 23.5 Å². The number of benzene rings is 2. The van der Waals surface area contributed by atoms with Gasteiger partial charge in [0.15, 0.2) is 5.78 Å². The molecule has 0 bridgehead atoms. The Bertz CT molecular complexity index is 1000. The number of hydrogen-bond donors (Lipinski definition) is 3. The summed E-state index contributed by atoms with van der Waals surface area (Å²) in [7, 11) is 0. The second kappa shape index (κ2) is 12.8. The van der Waals surface area contributed by atoms with Crippen LogP contribution in [0.4, 0.5) is 0 Å². The van der Waals surface area contributed by atoms with Crippen molar-refractivity contribution in [3.05, 3.63) is 52.6 Å². The topological polar surface area (TPSA) is 104 Å². The summed E-state index contributed by atoms with van der Waals surface area (Å²) in [6.45, 7) is 3.95. The van der Waals surface area contributed by atoms with E-state index in [4.69, 9.17) is 9.84 Å². The number of aliphatic carboxylic acids is 1. The van der Waals surface area contributed by atoms with Crippen LogP contribution in [-0.2, 0) is 17.6 Å². The average Bonchev–Trinajstić information content (AvgIpc) is 3.04. The van der Waals surface area contributed by atoms with E-state index < -0.39 is 12.1 Å². The Kier molecular flexibility index (Phi) is 10.8. The van der Waals surface area contributed by atoms with Crippen molar-refractivity contribution in [2.45, 2.75) is 57.0 Å². The molecular weight excluding hydrogens is 451 g/mol. The molecule has 174 valence electrons. The summed E-state index contributed by atoms with van der Waals surface area (Å²) < 4.78 is 5.91. The molecule has 0 radical (unpaired) electrons. The van der Waals surface area contributed by atoms with Gasteiger partial charge < -0.3 is 21.5 Å². The molecule has 0 saturated heterocycles. The van der Waals surface area contributed by atoms with Gasteiger partial charge in [-0.15, -0.1) is 11.8 Å². The molecule has 1 aliphatic carbocycles. The fourth-order valence-corrected chi connectivity index (χ4v) is 5.04. The van der Waals surface area contributed by atoms with Crippen LogP contribution in [0.5, 0.6) is 11.5 Å². The van der Waals surface area contributed by atoms with Gasteiger partial charge in [0.05, 0.1) is 24.7 Å². The number of hydrogen-bond acceptors (Lipinski definition) is 6. The molecule has 2 atom stereocenters. The van der Waals surface area contributed by atoms with Gasteiger partial charge in [0, 0.05) is 22.1 Å². The van der Waals surface area contributed by atoms with Gasteiger partial charge in [-0.1, -0.05) is 19.4 Å². The Hall–Kier alpha value is -1.51. The van der Waals surface area contributed by atoms with Gasteiger partial charge >= 0.3 is 35.5 Å². The number of phenols is 1. The first-order chi connectivity index (χ1) is 15.3. The van der Waals surface area contributed by atoms with Gasteiger partial charge in [-0.05, 0) is 61.6 Å². The van der Waals surface area contributed by atoms with Crippen molar-refractivity contribution in [1.82, 2.24) is 0 Å². The van der Waals surface area contributed by atoms with Crippen molar-refractivity contribution < 1.29 is 60.6 Å². The van der Waals surface area contributed by atoms with E-state index in [9.17, 15) is 19.8 Å². The van der Waals surface area contributed by atoms with E-state index in [1.165, 1.54) is 6.92 Å². The number of rotatable bonds is 11. The van der Waals surface area contributed by atoms with E-state index in [2.05, 4.69) is 0 Å². The Morgan fingerprint density at radius 3 is 2.67 bits per heavy atom. The molecule has 0 spiro atoms. The first-order valence-electron chi connectivity index (χ1n) is 11.0. The van der Waals surface area contributed by atoms with Crippen LogP contribution in [0.15, 0.2) is 35.2 Å². The third-order valence-corrected chi connectivity index (χ3v) is 6.81. The summed E-state index contributed by atoms with van der Waals surface area (Å²) in [5.41, 5.74) is 2.86. The normalized spacial score (nSPS) is 16.7. The van der Waals surface area contributed by atoms with E-state index in [0.29, 0.717) is 36.3 Å². The zero-order valence-corrected chi connectivity index (χ0v) is 22.3. The van der Waals surface area contributed by atoms with Crippen LogP contribution in [0.1, 0.15) is 67.7 Å². The number of carbonyl (C=O) groups excluding carboxylic acids is 1. The second-order valence-corrected chi connectivity index (χ2v) is 9.33. The van der Waals surface area contributed by atoms with Gasteiger partial charge in [0.1, 0.15) is 11.5 Å². The number of aliphatic hydroxyl groups excluding tert-OH is 1. The Morgan fingerprint density at radius 1 is 1.24 bits per heavy atom. The Labute approximate surface area is 222 Å². The first-order valence-corrected chi connectivity index (χ1v) is 11.9. The molecule has 3 rings (SSSR count). The fraction of sp³-hybridized carbons (Fsp3) is 0.440.